The molecular formula is C22H26N2O2. The van der Waals surface area contributed by atoms with Crippen molar-refractivity contribution in [3.8, 4) is 0 Å². The molecule has 4 nitrogen and oxygen atoms in total. The van der Waals surface area contributed by atoms with Crippen molar-refractivity contribution in [3.63, 3.8) is 0 Å². The van der Waals surface area contributed by atoms with Gasteiger partial charge in [0.25, 0.3) is 0 Å². The monoisotopic (exact) mass is 350 g/mol. The highest BCUT2D eigenvalue weighted by Crippen LogP contribution is 2.21. The van der Waals surface area contributed by atoms with Crippen molar-refractivity contribution in [3.05, 3.63) is 71.8 Å². The van der Waals surface area contributed by atoms with Crippen LogP contribution in [0.4, 0.5) is 0 Å². The number of carbonyl (C=O) groups is 2. The van der Waals surface area contributed by atoms with E-state index < -0.39 is 0 Å². The summed E-state index contributed by atoms with van der Waals surface area (Å²) in [6.45, 7) is 3.97. The van der Waals surface area contributed by atoms with Crippen molar-refractivity contribution in [2.24, 2.45) is 5.92 Å². The molecule has 0 aliphatic carbocycles. The standard InChI is InChI=1S/C22H26N2O2/c1-17(18-8-4-2-5-9-18)23-21(25)16-24-14-12-20(13-15-24)22(26)19-10-6-3-7-11-19/h2-11,17,20H,12-16H2,1H3,(H,23,25)/t17-/m1/s1. The highest BCUT2D eigenvalue weighted by molar-refractivity contribution is 5.97. The number of hydrogen-bond acceptors (Lipinski definition) is 3. The third kappa shape index (κ3) is 4.79. The molecule has 0 bridgehead atoms. The first-order chi connectivity index (χ1) is 12.6. The van der Waals surface area contributed by atoms with Crippen molar-refractivity contribution >= 4 is 11.7 Å². The Balaban J connectivity index is 1.45. The van der Waals surface area contributed by atoms with Gasteiger partial charge in [-0.25, -0.2) is 0 Å². The van der Waals surface area contributed by atoms with E-state index in [0.717, 1.165) is 37.1 Å². The van der Waals surface area contributed by atoms with Crippen molar-refractivity contribution in [2.75, 3.05) is 19.6 Å². The normalized spacial score (nSPS) is 16.8. The van der Waals surface area contributed by atoms with E-state index in [4.69, 9.17) is 0 Å². The van der Waals surface area contributed by atoms with Gasteiger partial charge in [-0.15, -0.1) is 0 Å². The molecule has 1 amide bonds. The van der Waals surface area contributed by atoms with Crippen LogP contribution in [0, 0.1) is 5.92 Å². The third-order valence-corrected chi connectivity index (χ3v) is 5.06. The molecule has 1 aliphatic heterocycles. The van der Waals surface area contributed by atoms with E-state index in [1.54, 1.807) is 0 Å². The Kier molecular flexibility index (Phi) is 6.18. The maximum Gasteiger partial charge on any atom is 0.234 e. The van der Waals surface area contributed by atoms with Gasteiger partial charge in [0.05, 0.1) is 12.6 Å². The van der Waals surface area contributed by atoms with Gasteiger partial charge in [-0.1, -0.05) is 60.7 Å². The zero-order valence-corrected chi connectivity index (χ0v) is 15.2. The fourth-order valence-corrected chi connectivity index (χ4v) is 3.51. The second-order valence-corrected chi connectivity index (χ2v) is 6.98. The molecule has 136 valence electrons. The van der Waals surface area contributed by atoms with Gasteiger partial charge in [0.1, 0.15) is 0 Å². The number of piperidine rings is 1. The van der Waals surface area contributed by atoms with E-state index in [1.807, 2.05) is 67.6 Å². The summed E-state index contributed by atoms with van der Waals surface area (Å²) in [6, 6.07) is 19.5. The Hall–Kier alpha value is -2.46. The van der Waals surface area contributed by atoms with Crippen LogP contribution < -0.4 is 5.32 Å². The molecule has 2 aromatic rings. The highest BCUT2D eigenvalue weighted by Gasteiger charge is 2.26. The molecule has 1 saturated heterocycles. The van der Waals surface area contributed by atoms with Crippen LogP contribution in [0.25, 0.3) is 0 Å². The summed E-state index contributed by atoms with van der Waals surface area (Å²) in [6.07, 6.45) is 1.63. The van der Waals surface area contributed by atoms with Gasteiger partial charge in [-0.3, -0.25) is 14.5 Å². The molecular weight excluding hydrogens is 324 g/mol. The van der Waals surface area contributed by atoms with Crippen molar-refractivity contribution in [2.45, 2.75) is 25.8 Å². The third-order valence-electron chi connectivity index (χ3n) is 5.06. The Morgan fingerprint density at radius 3 is 2.19 bits per heavy atom. The van der Waals surface area contributed by atoms with Crippen LogP contribution >= 0.6 is 0 Å². The average molecular weight is 350 g/mol. The Labute approximate surface area is 155 Å². The van der Waals surface area contributed by atoms with Gasteiger partial charge in [0.15, 0.2) is 5.78 Å². The predicted octanol–water partition coefficient (Wildman–Crippen LogP) is 3.46. The number of nitrogens with one attached hydrogen (secondary N) is 1. The van der Waals surface area contributed by atoms with Crippen molar-refractivity contribution in [1.82, 2.24) is 10.2 Å². The lowest BCUT2D eigenvalue weighted by Crippen LogP contribution is -2.43. The van der Waals surface area contributed by atoms with Gasteiger partial charge in [0, 0.05) is 11.5 Å². The molecule has 1 fully saturated rings. The molecule has 0 spiro atoms. The molecule has 1 N–H and O–H groups in total. The number of nitrogens with zero attached hydrogens (tertiary/aromatic N) is 1. The Morgan fingerprint density at radius 2 is 1.58 bits per heavy atom. The van der Waals surface area contributed by atoms with Gasteiger partial charge in [0.2, 0.25) is 5.91 Å². The zero-order valence-electron chi connectivity index (χ0n) is 15.2. The fourth-order valence-electron chi connectivity index (χ4n) is 3.51. The predicted molar refractivity (Wildman–Crippen MR) is 103 cm³/mol. The van der Waals surface area contributed by atoms with Gasteiger partial charge >= 0.3 is 0 Å². The molecule has 0 aromatic heterocycles. The molecule has 0 unspecified atom stereocenters. The van der Waals surface area contributed by atoms with Gasteiger partial charge in [-0.2, -0.15) is 0 Å². The maximum absolute atomic E-state index is 12.5. The Morgan fingerprint density at radius 1 is 1.00 bits per heavy atom. The molecule has 2 aromatic carbocycles. The van der Waals surface area contributed by atoms with Crippen LogP contribution in [0.3, 0.4) is 0 Å². The lowest BCUT2D eigenvalue weighted by molar-refractivity contribution is -0.123. The average Bonchev–Trinajstić information content (AvgIpc) is 2.69. The van der Waals surface area contributed by atoms with Gasteiger partial charge in [-0.05, 0) is 38.4 Å². The minimum atomic E-state index is 0.000831. The molecule has 1 atom stereocenters. The Bertz CT molecular complexity index is 722. The summed E-state index contributed by atoms with van der Waals surface area (Å²) in [5, 5.41) is 3.06. The molecule has 4 heteroatoms. The molecule has 3 rings (SSSR count). The van der Waals surface area contributed by atoms with E-state index in [-0.39, 0.29) is 23.7 Å². The maximum atomic E-state index is 12.5. The quantitative estimate of drug-likeness (QED) is 0.812. The van der Waals surface area contributed by atoms with Crippen LogP contribution in [0.15, 0.2) is 60.7 Å². The summed E-state index contributed by atoms with van der Waals surface area (Å²) >= 11 is 0. The zero-order chi connectivity index (χ0) is 18.4. The molecule has 26 heavy (non-hydrogen) atoms. The number of rotatable bonds is 6. The van der Waals surface area contributed by atoms with E-state index in [9.17, 15) is 9.59 Å². The smallest absolute Gasteiger partial charge is 0.234 e. The first-order valence-electron chi connectivity index (χ1n) is 9.29. The summed E-state index contributed by atoms with van der Waals surface area (Å²) in [4.78, 5) is 27.0. The molecule has 0 saturated carbocycles. The minimum absolute atomic E-state index is 0.000831. The molecule has 1 heterocycles. The number of amides is 1. The number of carbonyl (C=O) groups excluding carboxylic acids is 2. The summed E-state index contributed by atoms with van der Waals surface area (Å²) < 4.78 is 0. The van der Waals surface area contributed by atoms with E-state index in [1.165, 1.54) is 0 Å². The second-order valence-electron chi connectivity index (χ2n) is 6.98. The van der Waals surface area contributed by atoms with Crippen molar-refractivity contribution in [1.29, 1.82) is 0 Å². The number of hydrogen-bond donors (Lipinski definition) is 1. The van der Waals surface area contributed by atoms with Crippen molar-refractivity contribution < 1.29 is 9.59 Å². The lowest BCUT2D eigenvalue weighted by Gasteiger charge is -2.31. The second kappa shape index (κ2) is 8.77. The number of likely N-dealkylation sites (tertiary alicyclic amines) is 1. The largest absolute Gasteiger partial charge is 0.348 e. The van der Waals surface area contributed by atoms with E-state index in [2.05, 4.69) is 10.2 Å². The summed E-state index contributed by atoms with van der Waals surface area (Å²) in [5.41, 5.74) is 1.90. The van der Waals surface area contributed by atoms with Crippen LogP contribution in [0.5, 0.6) is 0 Å². The first-order valence-corrected chi connectivity index (χ1v) is 9.29. The first kappa shape index (κ1) is 18.3. The van der Waals surface area contributed by atoms with Crippen LogP contribution in [0.2, 0.25) is 0 Å². The number of ketones is 1. The molecule has 0 radical (unpaired) electrons. The number of Topliss-reactive ketones (excluding diaryl/α,β-unsaturated/α-hetero) is 1. The highest BCUT2D eigenvalue weighted by atomic mass is 16.2. The fraction of sp³-hybridized carbons (Fsp3) is 0.364. The van der Waals surface area contributed by atoms with Gasteiger partial charge < -0.3 is 5.32 Å². The van der Waals surface area contributed by atoms with Crippen LogP contribution in [0.1, 0.15) is 41.7 Å². The summed E-state index contributed by atoms with van der Waals surface area (Å²) in [7, 11) is 0. The minimum Gasteiger partial charge on any atom is -0.348 e. The molecule has 1 aliphatic rings. The lowest BCUT2D eigenvalue weighted by atomic mass is 9.89. The topological polar surface area (TPSA) is 49.4 Å². The number of benzene rings is 2. The van der Waals surface area contributed by atoms with E-state index >= 15 is 0 Å². The summed E-state index contributed by atoms with van der Waals surface area (Å²) in [5.74, 6) is 0.335. The van der Waals surface area contributed by atoms with Crippen LogP contribution in [-0.4, -0.2) is 36.2 Å². The SMILES string of the molecule is C[C@@H](NC(=O)CN1CCC(C(=O)c2ccccc2)CC1)c1ccccc1. The van der Waals surface area contributed by atoms with Crippen LogP contribution in [-0.2, 0) is 4.79 Å². The van der Waals surface area contributed by atoms with E-state index in [0.29, 0.717) is 6.54 Å².